The predicted octanol–water partition coefficient (Wildman–Crippen LogP) is 2.86. The highest BCUT2D eigenvalue weighted by atomic mass is 35.5. The molecule has 0 aromatic heterocycles. The van der Waals surface area contributed by atoms with E-state index in [-0.39, 0.29) is 0 Å². The van der Waals surface area contributed by atoms with Crippen LogP contribution in [0.25, 0.3) is 0 Å². The molecule has 0 aliphatic rings. The second-order valence-electron chi connectivity index (χ2n) is 2.66. The van der Waals surface area contributed by atoms with E-state index in [1.54, 1.807) is 12.1 Å². The first-order valence-corrected chi connectivity index (χ1v) is 4.45. The van der Waals surface area contributed by atoms with Crippen molar-refractivity contribution in [2.24, 2.45) is 0 Å². The molecule has 3 heteroatoms. The monoisotopic (exact) mass is 198 g/mol. The lowest BCUT2D eigenvalue weighted by Crippen LogP contribution is -1.98. The minimum absolute atomic E-state index is 0.481. The number of carbonyl (C=O) groups excluding carboxylic acids is 1. The first kappa shape index (κ1) is 10.1. The van der Waals surface area contributed by atoms with Crippen molar-refractivity contribution in [1.29, 1.82) is 0 Å². The molecule has 1 aromatic rings. The molecular weight excluding hydrogens is 188 g/mol. The number of hydrogen-bond donors (Lipinski definition) is 0. The lowest BCUT2D eigenvalue weighted by atomic mass is 10.1. The highest BCUT2D eigenvalue weighted by molar-refractivity contribution is 6.32. The van der Waals surface area contributed by atoms with Gasteiger partial charge in [0.2, 0.25) is 0 Å². The molecule has 0 amide bonds. The van der Waals surface area contributed by atoms with E-state index in [4.69, 9.17) is 16.3 Å². The number of hydrogen-bond acceptors (Lipinski definition) is 2. The van der Waals surface area contributed by atoms with Crippen molar-refractivity contribution in [3.05, 3.63) is 28.3 Å². The minimum Gasteiger partial charge on any atom is -0.492 e. The van der Waals surface area contributed by atoms with Gasteiger partial charge in [0.15, 0.2) is 6.29 Å². The van der Waals surface area contributed by atoms with Gasteiger partial charge in [0.25, 0.3) is 0 Å². The summed E-state index contributed by atoms with van der Waals surface area (Å²) in [5, 5.41) is 0.481. The molecule has 0 aliphatic heterocycles. The number of halogens is 1. The summed E-state index contributed by atoms with van der Waals surface area (Å²) in [5.41, 5.74) is 1.41. The van der Waals surface area contributed by atoms with Gasteiger partial charge in [-0.15, -0.1) is 0 Å². The average Bonchev–Trinajstić information content (AvgIpc) is 2.12. The van der Waals surface area contributed by atoms with Gasteiger partial charge in [-0.05, 0) is 25.5 Å². The molecule has 13 heavy (non-hydrogen) atoms. The van der Waals surface area contributed by atoms with Crippen LogP contribution >= 0.6 is 11.6 Å². The molecule has 0 saturated carbocycles. The van der Waals surface area contributed by atoms with E-state index < -0.39 is 0 Å². The Morgan fingerprint density at radius 2 is 2.23 bits per heavy atom. The highest BCUT2D eigenvalue weighted by Gasteiger charge is 2.09. The van der Waals surface area contributed by atoms with Gasteiger partial charge in [-0.2, -0.15) is 0 Å². The SMILES string of the molecule is CCOc1c(Cl)ccc(C)c1C=O. The zero-order valence-corrected chi connectivity index (χ0v) is 8.39. The summed E-state index contributed by atoms with van der Waals surface area (Å²) in [5.74, 6) is 0.485. The molecule has 0 aliphatic carbocycles. The Labute approximate surface area is 82.5 Å². The third-order valence-corrected chi connectivity index (χ3v) is 2.07. The zero-order valence-electron chi connectivity index (χ0n) is 7.63. The number of aldehydes is 1. The van der Waals surface area contributed by atoms with Crippen LogP contribution in [0.1, 0.15) is 22.8 Å². The topological polar surface area (TPSA) is 26.3 Å². The molecule has 0 atom stereocenters. The van der Waals surface area contributed by atoms with E-state index in [2.05, 4.69) is 0 Å². The van der Waals surface area contributed by atoms with Crippen LogP contribution in [-0.4, -0.2) is 12.9 Å². The number of rotatable bonds is 3. The Morgan fingerprint density at radius 1 is 1.54 bits per heavy atom. The van der Waals surface area contributed by atoms with E-state index in [1.807, 2.05) is 13.8 Å². The molecule has 1 aromatic carbocycles. The van der Waals surface area contributed by atoms with Crippen molar-refractivity contribution in [2.45, 2.75) is 13.8 Å². The molecule has 1 rings (SSSR count). The zero-order chi connectivity index (χ0) is 9.84. The molecule has 0 bridgehead atoms. The van der Waals surface area contributed by atoms with Gasteiger partial charge in [0, 0.05) is 0 Å². The Kier molecular flexibility index (Phi) is 3.32. The Hall–Kier alpha value is -1.02. The number of ether oxygens (including phenoxy) is 1. The van der Waals surface area contributed by atoms with Crippen LogP contribution in [0, 0.1) is 6.92 Å². The van der Waals surface area contributed by atoms with Crippen molar-refractivity contribution in [3.8, 4) is 5.75 Å². The van der Waals surface area contributed by atoms with Crippen LogP contribution < -0.4 is 4.74 Å². The Bertz CT molecular complexity index is 321. The molecule has 0 radical (unpaired) electrons. The summed E-state index contributed by atoms with van der Waals surface area (Å²) in [6.07, 6.45) is 0.770. The van der Waals surface area contributed by atoms with E-state index in [9.17, 15) is 4.79 Å². The summed E-state index contributed by atoms with van der Waals surface area (Å²) in [6, 6.07) is 3.53. The number of carbonyl (C=O) groups is 1. The second kappa shape index (κ2) is 4.28. The van der Waals surface area contributed by atoms with Crippen LogP contribution in [0.3, 0.4) is 0 Å². The Balaban J connectivity index is 3.25. The van der Waals surface area contributed by atoms with E-state index in [0.717, 1.165) is 11.8 Å². The van der Waals surface area contributed by atoms with Gasteiger partial charge in [-0.3, -0.25) is 4.79 Å². The smallest absolute Gasteiger partial charge is 0.154 e. The number of aryl methyl sites for hydroxylation is 1. The third kappa shape index (κ3) is 2.01. The molecule has 0 heterocycles. The van der Waals surface area contributed by atoms with Gasteiger partial charge in [0.1, 0.15) is 5.75 Å². The normalized spacial score (nSPS) is 9.77. The van der Waals surface area contributed by atoms with Crippen LogP contribution in [0.4, 0.5) is 0 Å². The fourth-order valence-corrected chi connectivity index (χ4v) is 1.33. The van der Waals surface area contributed by atoms with E-state index in [0.29, 0.717) is 22.9 Å². The molecule has 2 nitrogen and oxygen atoms in total. The predicted molar refractivity (Wildman–Crippen MR) is 52.7 cm³/mol. The van der Waals surface area contributed by atoms with E-state index in [1.165, 1.54) is 0 Å². The van der Waals surface area contributed by atoms with Gasteiger partial charge in [-0.25, -0.2) is 0 Å². The molecular formula is C10H11ClO2. The average molecular weight is 199 g/mol. The Morgan fingerprint density at radius 3 is 2.77 bits per heavy atom. The standard InChI is InChI=1S/C10H11ClO2/c1-3-13-10-8(6-12)7(2)4-5-9(10)11/h4-6H,3H2,1-2H3. The molecule has 0 fully saturated rings. The lowest BCUT2D eigenvalue weighted by Gasteiger charge is -2.09. The van der Waals surface area contributed by atoms with Crippen molar-refractivity contribution in [1.82, 2.24) is 0 Å². The molecule has 0 spiro atoms. The van der Waals surface area contributed by atoms with Gasteiger partial charge >= 0.3 is 0 Å². The quantitative estimate of drug-likeness (QED) is 0.699. The van der Waals surface area contributed by atoms with Crippen LogP contribution in [-0.2, 0) is 0 Å². The number of benzene rings is 1. The summed E-state index contributed by atoms with van der Waals surface area (Å²) >= 11 is 5.88. The summed E-state index contributed by atoms with van der Waals surface area (Å²) in [4.78, 5) is 10.7. The van der Waals surface area contributed by atoms with Crippen LogP contribution in [0.15, 0.2) is 12.1 Å². The summed E-state index contributed by atoms with van der Waals surface area (Å²) in [7, 11) is 0. The molecule has 0 saturated heterocycles. The van der Waals surface area contributed by atoms with Gasteiger partial charge in [-0.1, -0.05) is 17.7 Å². The maximum atomic E-state index is 10.7. The first-order chi connectivity index (χ1) is 6.20. The van der Waals surface area contributed by atoms with Crippen molar-refractivity contribution < 1.29 is 9.53 Å². The van der Waals surface area contributed by atoms with E-state index >= 15 is 0 Å². The molecule has 70 valence electrons. The lowest BCUT2D eigenvalue weighted by molar-refractivity contribution is 0.111. The van der Waals surface area contributed by atoms with Crippen molar-refractivity contribution in [2.75, 3.05) is 6.61 Å². The largest absolute Gasteiger partial charge is 0.492 e. The molecule has 0 N–H and O–H groups in total. The van der Waals surface area contributed by atoms with Crippen LogP contribution in [0.2, 0.25) is 5.02 Å². The minimum atomic E-state index is 0.481. The van der Waals surface area contributed by atoms with Crippen molar-refractivity contribution >= 4 is 17.9 Å². The maximum Gasteiger partial charge on any atom is 0.154 e. The fourth-order valence-electron chi connectivity index (χ4n) is 1.11. The van der Waals surface area contributed by atoms with Gasteiger partial charge in [0.05, 0.1) is 17.2 Å². The summed E-state index contributed by atoms with van der Waals surface area (Å²) < 4.78 is 5.28. The third-order valence-electron chi connectivity index (χ3n) is 1.77. The summed E-state index contributed by atoms with van der Waals surface area (Å²) in [6.45, 7) is 4.21. The van der Waals surface area contributed by atoms with Crippen molar-refractivity contribution in [3.63, 3.8) is 0 Å². The second-order valence-corrected chi connectivity index (χ2v) is 3.07. The fraction of sp³-hybridized carbons (Fsp3) is 0.300. The first-order valence-electron chi connectivity index (χ1n) is 4.07. The maximum absolute atomic E-state index is 10.7. The van der Waals surface area contributed by atoms with Gasteiger partial charge < -0.3 is 4.74 Å². The van der Waals surface area contributed by atoms with Crippen LogP contribution in [0.5, 0.6) is 5.75 Å². The molecule has 0 unspecified atom stereocenters. The highest BCUT2D eigenvalue weighted by Crippen LogP contribution is 2.29.